The van der Waals surface area contributed by atoms with Gasteiger partial charge in [0.1, 0.15) is 39.7 Å². The van der Waals surface area contributed by atoms with Crippen LogP contribution < -0.4 is 19.8 Å². The van der Waals surface area contributed by atoms with Crippen LogP contribution in [0.2, 0.25) is 0 Å². The Labute approximate surface area is 134 Å². The first-order valence-corrected chi connectivity index (χ1v) is 7.23. The second-order valence-corrected chi connectivity index (χ2v) is 5.75. The lowest BCUT2D eigenvalue weighted by molar-refractivity contribution is 0.157. The van der Waals surface area contributed by atoms with E-state index in [1.54, 1.807) is 44.6 Å². The molecular formula is C18H18O5. The van der Waals surface area contributed by atoms with Crippen molar-refractivity contribution in [3.63, 3.8) is 0 Å². The average molecular weight is 314 g/mol. The number of hydrogen-bond acceptors (Lipinski definition) is 5. The maximum atomic E-state index is 12.3. The largest absolute Gasteiger partial charge is 0.496 e. The Morgan fingerprint density at radius 1 is 1.09 bits per heavy atom. The summed E-state index contributed by atoms with van der Waals surface area (Å²) in [5.74, 6) is 1.93. The van der Waals surface area contributed by atoms with Crippen molar-refractivity contribution in [2.24, 2.45) is 0 Å². The van der Waals surface area contributed by atoms with Crippen LogP contribution in [0, 0.1) is 0 Å². The molecule has 23 heavy (non-hydrogen) atoms. The Hall–Kier alpha value is -2.69. The minimum atomic E-state index is -0.483. The molecule has 0 spiro atoms. The van der Waals surface area contributed by atoms with E-state index in [2.05, 4.69) is 0 Å². The maximum Gasteiger partial charge on any atom is 0.347 e. The van der Waals surface area contributed by atoms with Crippen LogP contribution >= 0.6 is 0 Å². The Balaban J connectivity index is 2.23. The van der Waals surface area contributed by atoms with Gasteiger partial charge in [-0.15, -0.1) is 0 Å². The van der Waals surface area contributed by atoms with Crippen LogP contribution in [0.5, 0.6) is 17.2 Å². The van der Waals surface area contributed by atoms with E-state index in [-0.39, 0.29) is 0 Å². The van der Waals surface area contributed by atoms with Crippen LogP contribution in [0.15, 0.2) is 39.6 Å². The zero-order chi connectivity index (χ0) is 16.6. The maximum absolute atomic E-state index is 12.3. The third-order valence-electron chi connectivity index (χ3n) is 3.65. The number of methoxy groups -OCH3 is 2. The summed E-state index contributed by atoms with van der Waals surface area (Å²) in [5.41, 5.74) is 0.0376. The van der Waals surface area contributed by atoms with Gasteiger partial charge in [-0.3, -0.25) is 0 Å². The van der Waals surface area contributed by atoms with Gasteiger partial charge >= 0.3 is 5.63 Å². The minimum absolute atomic E-state index is 0.342. The van der Waals surface area contributed by atoms with E-state index in [4.69, 9.17) is 18.6 Å². The van der Waals surface area contributed by atoms with Gasteiger partial charge in [0.2, 0.25) is 0 Å². The van der Waals surface area contributed by atoms with Gasteiger partial charge in [0.25, 0.3) is 0 Å². The topological polar surface area (TPSA) is 57.9 Å². The highest BCUT2D eigenvalue weighted by Crippen LogP contribution is 2.40. The first kappa shape index (κ1) is 15.2. The Morgan fingerprint density at radius 2 is 1.74 bits per heavy atom. The van der Waals surface area contributed by atoms with Crippen molar-refractivity contribution in [1.82, 2.24) is 0 Å². The van der Waals surface area contributed by atoms with E-state index in [9.17, 15) is 4.79 Å². The van der Waals surface area contributed by atoms with Crippen molar-refractivity contribution in [2.45, 2.75) is 19.4 Å². The van der Waals surface area contributed by atoms with Gasteiger partial charge in [0.05, 0.1) is 14.2 Å². The van der Waals surface area contributed by atoms with Crippen LogP contribution in [0.4, 0.5) is 0 Å². The minimum Gasteiger partial charge on any atom is -0.496 e. The molecule has 120 valence electrons. The summed E-state index contributed by atoms with van der Waals surface area (Å²) in [5, 5.41) is 0. The molecule has 1 aliphatic heterocycles. The quantitative estimate of drug-likeness (QED) is 0.867. The molecule has 0 atom stereocenters. The molecule has 0 radical (unpaired) electrons. The molecule has 0 bridgehead atoms. The molecule has 3 rings (SSSR count). The molecule has 5 nitrogen and oxygen atoms in total. The lowest BCUT2D eigenvalue weighted by atomic mass is 10.0. The lowest BCUT2D eigenvalue weighted by Crippen LogP contribution is -2.29. The predicted octanol–water partition coefficient (Wildman–Crippen LogP) is 3.51. The van der Waals surface area contributed by atoms with Crippen LogP contribution in [0.3, 0.4) is 0 Å². The normalized spacial score (nSPS) is 14.8. The standard InChI is InChI=1S/C18H18O5/c1-18(2)9-8-11-14(23-18)10-15(22-17(11)19)16-12(20-3)6-5-7-13(16)21-4/h5-10H,1-4H3. The van der Waals surface area contributed by atoms with Gasteiger partial charge in [0.15, 0.2) is 0 Å². The van der Waals surface area contributed by atoms with Gasteiger partial charge < -0.3 is 18.6 Å². The molecule has 5 heteroatoms. The molecule has 0 amide bonds. The average Bonchev–Trinajstić information content (AvgIpc) is 2.52. The molecule has 1 aliphatic rings. The van der Waals surface area contributed by atoms with E-state index in [1.807, 2.05) is 19.9 Å². The highest BCUT2D eigenvalue weighted by Gasteiger charge is 2.26. The summed E-state index contributed by atoms with van der Waals surface area (Å²) in [6.45, 7) is 3.84. The van der Waals surface area contributed by atoms with E-state index in [0.29, 0.717) is 34.1 Å². The smallest absolute Gasteiger partial charge is 0.347 e. The number of ether oxygens (including phenoxy) is 3. The van der Waals surface area contributed by atoms with E-state index < -0.39 is 11.2 Å². The van der Waals surface area contributed by atoms with Crippen molar-refractivity contribution in [3.05, 3.63) is 46.3 Å². The Morgan fingerprint density at radius 3 is 2.35 bits per heavy atom. The van der Waals surface area contributed by atoms with E-state index >= 15 is 0 Å². The summed E-state index contributed by atoms with van der Waals surface area (Å²) in [7, 11) is 3.11. The highest BCUT2D eigenvalue weighted by atomic mass is 16.5. The predicted molar refractivity (Wildman–Crippen MR) is 87.3 cm³/mol. The molecule has 0 saturated heterocycles. The van der Waals surface area contributed by atoms with Gasteiger partial charge in [-0.05, 0) is 38.1 Å². The van der Waals surface area contributed by atoms with Gasteiger partial charge in [0, 0.05) is 6.07 Å². The molecule has 0 N–H and O–H groups in total. The van der Waals surface area contributed by atoms with Crippen molar-refractivity contribution < 1.29 is 18.6 Å². The summed E-state index contributed by atoms with van der Waals surface area (Å²) in [6, 6.07) is 7.06. The Kier molecular flexibility index (Phi) is 3.64. The fourth-order valence-corrected chi connectivity index (χ4v) is 2.54. The zero-order valence-corrected chi connectivity index (χ0v) is 13.5. The first-order chi connectivity index (χ1) is 10.9. The van der Waals surface area contributed by atoms with Crippen LogP contribution in [-0.4, -0.2) is 19.8 Å². The number of fused-ring (bicyclic) bond motifs is 1. The summed E-state index contributed by atoms with van der Waals surface area (Å²) >= 11 is 0. The molecule has 0 aliphatic carbocycles. The summed E-state index contributed by atoms with van der Waals surface area (Å²) in [6.07, 6.45) is 3.56. The first-order valence-electron chi connectivity index (χ1n) is 7.23. The highest BCUT2D eigenvalue weighted by molar-refractivity contribution is 5.75. The SMILES string of the molecule is COc1cccc(OC)c1-c1cc2c(c(=O)o1)C=CC(C)(C)O2. The number of rotatable bonds is 3. The monoisotopic (exact) mass is 314 g/mol. The van der Waals surface area contributed by atoms with Crippen molar-refractivity contribution in [2.75, 3.05) is 14.2 Å². The second kappa shape index (κ2) is 5.50. The third-order valence-corrected chi connectivity index (χ3v) is 3.65. The molecular weight excluding hydrogens is 296 g/mol. The molecule has 0 fully saturated rings. The molecule has 0 unspecified atom stereocenters. The summed E-state index contributed by atoms with van der Waals surface area (Å²) < 4.78 is 22.1. The number of benzene rings is 1. The van der Waals surface area contributed by atoms with Crippen LogP contribution in [0.1, 0.15) is 19.4 Å². The van der Waals surface area contributed by atoms with Crippen molar-refractivity contribution in [1.29, 1.82) is 0 Å². The second-order valence-electron chi connectivity index (χ2n) is 5.75. The fourth-order valence-electron chi connectivity index (χ4n) is 2.54. The zero-order valence-electron chi connectivity index (χ0n) is 13.5. The fraction of sp³-hybridized carbons (Fsp3) is 0.278. The van der Waals surface area contributed by atoms with E-state index in [1.165, 1.54) is 0 Å². The molecule has 0 saturated carbocycles. The Bertz CT molecular complexity index is 808. The van der Waals surface area contributed by atoms with Gasteiger partial charge in [-0.1, -0.05) is 6.07 Å². The summed E-state index contributed by atoms with van der Waals surface area (Å²) in [4.78, 5) is 12.3. The van der Waals surface area contributed by atoms with Crippen molar-refractivity contribution in [3.8, 4) is 28.6 Å². The molecule has 1 aromatic heterocycles. The molecule has 1 aromatic carbocycles. The van der Waals surface area contributed by atoms with Crippen LogP contribution in [0.25, 0.3) is 17.4 Å². The van der Waals surface area contributed by atoms with Crippen LogP contribution in [-0.2, 0) is 0 Å². The van der Waals surface area contributed by atoms with Crippen molar-refractivity contribution >= 4 is 6.08 Å². The van der Waals surface area contributed by atoms with Gasteiger partial charge in [-0.2, -0.15) is 0 Å². The third kappa shape index (κ3) is 2.70. The number of hydrogen-bond donors (Lipinski definition) is 0. The van der Waals surface area contributed by atoms with E-state index in [0.717, 1.165) is 0 Å². The molecule has 2 heterocycles. The lowest BCUT2D eigenvalue weighted by Gasteiger charge is -2.27. The van der Waals surface area contributed by atoms with Gasteiger partial charge in [-0.25, -0.2) is 4.79 Å². The molecule has 2 aromatic rings.